The quantitative estimate of drug-likeness (QED) is 0.821. The van der Waals surface area contributed by atoms with Crippen molar-refractivity contribution in [2.45, 2.75) is 52.8 Å². The number of carbonyl (C=O) groups is 2. The molecule has 2 N–H and O–H groups in total. The Labute approximate surface area is 159 Å². The number of aromatic nitrogens is 1. The van der Waals surface area contributed by atoms with Gasteiger partial charge in [-0.1, -0.05) is 12.1 Å². The number of aryl methyl sites for hydroxylation is 1. The van der Waals surface area contributed by atoms with Crippen molar-refractivity contribution < 1.29 is 14.3 Å². The number of anilines is 1. The lowest BCUT2D eigenvalue weighted by molar-refractivity contribution is -0.124. The topological polar surface area (TPSA) is 72.4 Å². The van der Waals surface area contributed by atoms with E-state index in [1.807, 2.05) is 44.2 Å². The van der Waals surface area contributed by atoms with Gasteiger partial charge in [0.1, 0.15) is 6.10 Å². The number of hydrogen-bond acceptors (Lipinski definition) is 3. The second-order valence-corrected chi connectivity index (χ2v) is 6.90. The predicted molar refractivity (Wildman–Crippen MR) is 105 cm³/mol. The number of ether oxygens (including phenoxy) is 1. The van der Waals surface area contributed by atoms with Crippen LogP contribution >= 0.6 is 0 Å². The van der Waals surface area contributed by atoms with E-state index in [1.54, 1.807) is 0 Å². The van der Waals surface area contributed by atoms with E-state index >= 15 is 0 Å². The summed E-state index contributed by atoms with van der Waals surface area (Å²) in [5, 5.41) is 5.86. The molecular formula is C21H27N3O3. The number of amides is 2. The van der Waals surface area contributed by atoms with Gasteiger partial charge in [0.25, 0.3) is 11.8 Å². The maximum absolute atomic E-state index is 12.5. The first-order valence-electron chi connectivity index (χ1n) is 9.46. The second kappa shape index (κ2) is 8.39. The van der Waals surface area contributed by atoms with Gasteiger partial charge in [-0.25, -0.2) is 0 Å². The lowest BCUT2D eigenvalue weighted by atomic mass is 10.1. The highest BCUT2D eigenvalue weighted by Crippen LogP contribution is 2.17. The fourth-order valence-electron chi connectivity index (χ4n) is 3.56. The molecule has 2 heterocycles. The summed E-state index contributed by atoms with van der Waals surface area (Å²) in [5.41, 5.74) is 4.41. The van der Waals surface area contributed by atoms with Crippen LogP contribution in [0.1, 0.15) is 47.1 Å². The number of hydrogen-bond donors (Lipinski definition) is 2. The lowest BCUT2D eigenvalue weighted by Crippen LogP contribution is -2.27. The molecule has 1 aliphatic rings. The largest absolute Gasteiger partial charge is 0.368 e. The number of benzene rings is 1. The zero-order valence-electron chi connectivity index (χ0n) is 16.2. The normalized spacial score (nSPS) is 16.3. The molecule has 1 aliphatic heterocycles. The summed E-state index contributed by atoms with van der Waals surface area (Å²) in [6.07, 6.45) is 1.32. The van der Waals surface area contributed by atoms with Crippen molar-refractivity contribution in [1.82, 2.24) is 9.88 Å². The molecule has 6 heteroatoms. The number of nitrogens with one attached hydrogen (secondary N) is 2. The first-order chi connectivity index (χ1) is 13.0. The summed E-state index contributed by atoms with van der Waals surface area (Å²) in [7, 11) is 0. The fourth-order valence-corrected chi connectivity index (χ4v) is 3.56. The average molecular weight is 369 g/mol. The van der Waals surface area contributed by atoms with Gasteiger partial charge in [0.2, 0.25) is 0 Å². The number of rotatable bonds is 6. The van der Waals surface area contributed by atoms with Crippen molar-refractivity contribution in [2.24, 2.45) is 0 Å². The molecule has 2 amide bonds. The molecule has 1 fully saturated rings. The molecule has 1 aromatic carbocycles. The Morgan fingerprint density at radius 2 is 2.07 bits per heavy atom. The number of nitrogens with zero attached hydrogens (tertiary/aromatic N) is 1. The lowest BCUT2D eigenvalue weighted by Gasteiger charge is -2.12. The van der Waals surface area contributed by atoms with Crippen molar-refractivity contribution in [1.29, 1.82) is 0 Å². The summed E-state index contributed by atoms with van der Waals surface area (Å²) >= 11 is 0. The minimum atomic E-state index is -0.359. The zero-order chi connectivity index (χ0) is 19.4. The molecule has 3 rings (SSSR count). The van der Waals surface area contributed by atoms with Crippen LogP contribution in [0.15, 0.2) is 30.3 Å². The Balaban J connectivity index is 1.61. The maximum atomic E-state index is 12.5. The summed E-state index contributed by atoms with van der Waals surface area (Å²) in [6, 6.07) is 9.44. The monoisotopic (exact) mass is 369 g/mol. The van der Waals surface area contributed by atoms with E-state index in [4.69, 9.17) is 4.74 Å². The van der Waals surface area contributed by atoms with Gasteiger partial charge in [-0.2, -0.15) is 0 Å². The second-order valence-electron chi connectivity index (χ2n) is 6.90. The van der Waals surface area contributed by atoms with Crippen molar-refractivity contribution in [3.05, 3.63) is 52.8 Å². The van der Waals surface area contributed by atoms with Crippen molar-refractivity contribution in [3.8, 4) is 0 Å². The zero-order valence-corrected chi connectivity index (χ0v) is 16.2. The van der Waals surface area contributed by atoms with Gasteiger partial charge in [-0.15, -0.1) is 0 Å². The molecule has 1 atom stereocenters. The van der Waals surface area contributed by atoms with E-state index in [1.165, 1.54) is 0 Å². The van der Waals surface area contributed by atoms with Crippen LogP contribution in [-0.4, -0.2) is 29.1 Å². The van der Waals surface area contributed by atoms with E-state index in [2.05, 4.69) is 22.1 Å². The summed E-state index contributed by atoms with van der Waals surface area (Å²) in [5.74, 6) is -0.197. The third-order valence-corrected chi connectivity index (χ3v) is 5.00. The molecule has 2 aromatic rings. The molecule has 0 radical (unpaired) electrons. The minimum absolute atomic E-state index is 0.0865. The van der Waals surface area contributed by atoms with E-state index in [9.17, 15) is 9.59 Å². The third-order valence-electron chi connectivity index (χ3n) is 5.00. The van der Waals surface area contributed by atoms with E-state index < -0.39 is 0 Å². The van der Waals surface area contributed by atoms with Crippen molar-refractivity contribution in [3.63, 3.8) is 0 Å². The molecule has 27 heavy (non-hydrogen) atoms. The molecule has 0 aliphatic carbocycles. The van der Waals surface area contributed by atoms with Crippen LogP contribution in [0.5, 0.6) is 0 Å². The van der Waals surface area contributed by atoms with Gasteiger partial charge in [0.05, 0.1) is 5.56 Å². The smallest absolute Gasteiger partial charge is 0.253 e. The molecule has 0 saturated carbocycles. The minimum Gasteiger partial charge on any atom is -0.368 e. The molecule has 144 valence electrons. The standard InChI is InChI=1S/C21H27N3O3/c1-4-24-14(2)11-18(15(24)3)20(25)22-13-16-7-5-8-17(12-16)23-21(26)19-9-6-10-27-19/h5,7-8,11-12,19H,4,6,9-10,13H2,1-3H3,(H,22,25)(H,23,26)/t19-/m0/s1. The van der Waals surface area contributed by atoms with E-state index in [0.29, 0.717) is 24.4 Å². The van der Waals surface area contributed by atoms with Gasteiger partial charge < -0.3 is 19.9 Å². The average Bonchev–Trinajstić information content (AvgIpc) is 3.28. The Hall–Kier alpha value is -2.60. The molecule has 0 spiro atoms. The summed E-state index contributed by atoms with van der Waals surface area (Å²) in [4.78, 5) is 24.7. The summed E-state index contributed by atoms with van der Waals surface area (Å²) in [6.45, 7) is 7.93. The Kier molecular flexibility index (Phi) is 5.96. The molecular weight excluding hydrogens is 342 g/mol. The van der Waals surface area contributed by atoms with E-state index in [-0.39, 0.29) is 17.9 Å². The highest BCUT2D eigenvalue weighted by atomic mass is 16.5. The van der Waals surface area contributed by atoms with Crippen LogP contribution in [-0.2, 0) is 22.6 Å². The Morgan fingerprint density at radius 3 is 2.74 bits per heavy atom. The van der Waals surface area contributed by atoms with Gasteiger partial charge in [0, 0.05) is 36.8 Å². The highest BCUT2D eigenvalue weighted by Gasteiger charge is 2.23. The van der Waals surface area contributed by atoms with Gasteiger partial charge >= 0.3 is 0 Å². The highest BCUT2D eigenvalue weighted by molar-refractivity contribution is 5.96. The summed E-state index contributed by atoms with van der Waals surface area (Å²) < 4.78 is 7.53. The van der Waals surface area contributed by atoms with Crippen LogP contribution in [0, 0.1) is 13.8 Å². The molecule has 0 unspecified atom stereocenters. The Morgan fingerprint density at radius 1 is 1.26 bits per heavy atom. The van der Waals surface area contributed by atoms with Gasteiger partial charge in [-0.3, -0.25) is 9.59 Å². The van der Waals surface area contributed by atoms with Crippen LogP contribution < -0.4 is 10.6 Å². The van der Waals surface area contributed by atoms with E-state index in [0.717, 1.165) is 36.3 Å². The molecule has 0 bridgehead atoms. The maximum Gasteiger partial charge on any atom is 0.253 e. The fraction of sp³-hybridized carbons (Fsp3) is 0.429. The third kappa shape index (κ3) is 4.39. The van der Waals surface area contributed by atoms with Crippen LogP contribution in [0.25, 0.3) is 0 Å². The SMILES string of the molecule is CCn1c(C)cc(C(=O)NCc2cccc(NC(=O)[C@@H]3CCCO3)c2)c1C. The predicted octanol–water partition coefficient (Wildman–Crippen LogP) is 3.17. The molecule has 6 nitrogen and oxygen atoms in total. The first-order valence-corrected chi connectivity index (χ1v) is 9.46. The van der Waals surface area contributed by atoms with Crippen molar-refractivity contribution >= 4 is 17.5 Å². The van der Waals surface area contributed by atoms with Gasteiger partial charge in [-0.05, 0) is 57.4 Å². The van der Waals surface area contributed by atoms with Crippen molar-refractivity contribution in [2.75, 3.05) is 11.9 Å². The molecule has 1 saturated heterocycles. The van der Waals surface area contributed by atoms with Gasteiger partial charge in [0.15, 0.2) is 0 Å². The Bertz CT molecular complexity index is 835. The number of carbonyl (C=O) groups excluding carboxylic acids is 2. The molecule has 1 aromatic heterocycles. The van der Waals surface area contributed by atoms with Crippen LogP contribution in [0.2, 0.25) is 0 Å². The van der Waals surface area contributed by atoms with Crippen LogP contribution in [0.4, 0.5) is 5.69 Å². The van der Waals surface area contributed by atoms with Crippen LogP contribution in [0.3, 0.4) is 0 Å². The first kappa shape index (κ1) is 19.2.